The maximum absolute atomic E-state index is 12.2. The number of nitrogens with one attached hydrogen (secondary N) is 1. The third-order valence-electron chi connectivity index (χ3n) is 7.39. The van der Waals surface area contributed by atoms with Gasteiger partial charge in [-0.1, -0.05) is 49.4 Å². The van der Waals surface area contributed by atoms with Gasteiger partial charge < -0.3 is 20.1 Å². The van der Waals surface area contributed by atoms with Crippen molar-refractivity contribution in [2.75, 3.05) is 24.5 Å². The lowest BCUT2D eigenvalue weighted by Gasteiger charge is -2.25. The average Bonchev–Trinajstić information content (AvgIpc) is 3.51. The average molecular weight is 558 g/mol. The molecular weight excluding hydrogens is 527 g/mol. The predicted molar refractivity (Wildman–Crippen MR) is 143 cm³/mol. The molecule has 0 spiro atoms. The first-order valence-corrected chi connectivity index (χ1v) is 12.9. The SMILES string of the molecule is CCc1cc(C(=O)O)c(=O)[nH]c1-c1ccc(N2C[C@H]3CCN(Cc4ccccc4)[C@H]3C2)cc1.O=C(O)C(F)(F)F. The van der Waals surface area contributed by atoms with Gasteiger partial charge in [-0.3, -0.25) is 9.69 Å². The predicted octanol–water partition coefficient (Wildman–Crippen LogP) is 4.65. The van der Waals surface area contributed by atoms with Crippen LogP contribution in [0.25, 0.3) is 11.3 Å². The number of halogens is 3. The van der Waals surface area contributed by atoms with E-state index in [4.69, 9.17) is 9.90 Å². The van der Waals surface area contributed by atoms with Crippen LogP contribution < -0.4 is 10.5 Å². The van der Waals surface area contributed by atoms with Crippen molar-refractivity contribution in [3.8, 4) is 11.3 Å². The molecule has 2 fully saturated rings. The lowest BCUT2D eigenvalue weighted by molar-refractivity contribution is -0.192. The molecule has 40 heavy (non-hydrogen) atoms. The van der Waals surface area contributed by atoms with Gasteiger partial charge in [-0.25, -0.2) is 9.59 Å². The van der Waals surface area contributed by atoms with Crippen LogP contribution in [0, 0.1) is 5.92 Å². The molecular formula is C29H30F3N3O5. The van der Waals surface area contributed by atoms with Crippen LogP contribution in [0.1, 0.15) is 34.8 Å². The summed E-state index contributed by atoms with van der Waals surface area (Å²) in [5.74, 6) is -3.26. The molecule has 2 atom stereocenters. The molecule has 0 bridgehead atoms. The molecule has 0 unspecified atom stereocenters. The third kappa shape index (κ3) is 6.53. The van der Waals surface area contributed by atoms with Crippen molar-refractivity contribution in [3.63, 3.8) is 0 Å². The van der Waals surface area contributed by atoms with E-state index in [1.165, 1.54) is 23.7 Å². The Balaban J connectivity index is 0.000000470. The van der Waals surface area contributed by atoms with Gasteiger partial charge in [0.2, 0.25) is 0 Å². The van der Waals surface area contributed by atoms with Crippen molar-refractivity contribution in [3.05, 3.63) is 87.7 Å². The maximum Gasteiger partial charge on any atom is 0.490 e. The van der Waals surface area contributed by atoms with Gasteiger partial charge in [0.15, 0.2) is 0 Å². The number of benzene rings is 2. The Morgan fingerprint density at radius 2 is 1.68 bits per heavy atom. The standard InChI is InChI=1S/C27H29N3O3.C2HF3O2/c1-2-19-14-23(27(32)33)26(31)28-25(19)20-8-10-22(11-9-20)30-16-21-12-13-29(24(21)17-30)15-18-6-4-3-5-7-18;3-2(4,5)1(6)7/h3-11,14,21,24H,2,12-13,15-17H2,1H3,(H,28,31)(H,32,33);(H,6,7)/t21-,24+;/m1./s1. The monoisotopic (exact) mass is 557 g/mol. The first kappa shape index (κ1) is 28.9. The number of likely N-dealkylation sites (tertiary alicyclic amines) is 1. The van der Waals surface area contributed by atoms with Crippen molar-refractivity contribution >= 4 is 17.6 Å². The van der Waals surface area contributed by atoms with E-state index in [1.54, 1.807) is 0 Å². The van der Waals surface area contributed by atoms with Gasteiger partial charge in [0.1, 0.15) is 5.56 Å². The zero-order valence-corrected chi connectivity index (χ0v) is 21.8. The van der Waals surface area contributed by atoms with E-state index in [2.05, 4.69) is 57.2 Å². The Labute approximate surface area is 228 Å². The number of anilines is 1. The zero-order chi connectivity index (χ0) is 29.0. The normalized spacial score (nSPS) is 18.6. The molecule has 0 saturated carbocycles. The van der Waals surface area contributed by atoms with Crippen molar-refractivity contribution in [1.29, 1.82) is 0 Å². The van der Waals surface area contributed by atoms with Gasteiger partial charge in [-0.05, 0) is 60.2 Å². The van der Waals surface area contributed by atoms with Gasteiger partial charge >= 0.3 is 18.1 Å². The summed E-state index contributed by atoms with van der Waals surface area (Å²) >= 11 is 0. The van der Waals surface area contributed by atoms with E-state index < -0.39 is 23.7 Å². The highest BCUT2D eigenvalue weighted by molar-refractivity contribution is 5.88. The minimum Gasteiger partial charge on any atom is -0.477 e. The third-order valence-corrected chi connectivity index (χ3v) is 7.39. The molecule has 2 aromatic carbocycles. The van der Waals surface area contributed by atoms with Gasteiger partial charge in [-0.2, -0.15) is 13.2 Å². The highest BCUT2D eigenvalue weighted by Crippen LogP contribution is 2.35. The van der Waals surface area contributed by atoms with Crippen molar-refractivity contribution in [2.24, 2.45) is 5.92 Å². The Kier molecular flexibility index (Phi) is 8.63. The largest absolute Gasteiger partial charge is 0.490 e. The van der Waals surface area contributed by atoms with E-state index in [9.17, 15) is 27.9 Å². The Morgan fingerprint density at radius 1 is 1.02 bits per heavy atom. The van der Waals surface area contributed by atoms with Crippen LogP contribution in [0.2, 0.25) is 0 Å². The molecule has 0 aliphatic carbocycles. The number of hydrogen-bond donors (Lipinski definition) is 3. The summed E-state index contributed by atoms with van der Waals surface area (Å²) in [6.45, 7) is 6.23. The Hall–Kier alpha value is -4.12. The smallest absolute Gasteiger partial charge is 0.477 e. The van der Waals surface area contributed by atoms with E-state index in [0.29, 0.717) is 24.1 Å². The molecule has 2 aliphatic heterocycles. The first-order valence-electron chi connectivity index (χ1n) is 12.9. The van der Waals surface area contributed by atoms with Crippen LogP contribution in [0.3, 0.4) is 0 Å². The summed E-state index contributed by atoms with van der Waals surface area (Å²) in [5, 5.41) is 16.4. The molecule has 3 aromatic rings. The van der Waals surface area contributed by atoms with Crippen LogP contribution in [0.15, 0.2) is 65.5 Å². The van der Waals surface area contributed by atoms with E-state index in [0.717, 1.165) is 37.3 Å². The number of alkyl halides is 3. The number of carboxylic acid groups (broad SMARTS) is 2. The van der Waals surface area contributed by atoms with Gasteiger partial charge in [0, 0.05) is 31.4 Å². The molecule has 3 heterocycles. The summed E-state index contributed by atoms with van der Waals surface area (Å²) in [4.78, 5) is 40.3. The summed E-state index contributed by atoms with van der Waals surface area (Å²) in [6, 6.07) is 21.0. The fraction of sp³-hybridized carbons (Fsp3) is 0.345. The van der Waals surface area contributed by atoms with Crippen LogP contribution in [-0.4, -0.2) is 63.9 Å². The number of fused-ring (bicyclic) bond motifs is 1. The number of rotatable bonds is 6. The quantitative estimate of drug-likeness (QED) is 0.405. The van der Waals surface area contributed by atoms with Crippen molar-refractivity contribution < 1.29 is 33.0 Å². The van der Waals surface area contributed by atoms with Crippen LogP contribution in [0.5, 0.6) is 0 Å². The fourth-order valence-corrected chi connectivity index (χ4v) is 5.38. The number of aromatic carboxylic acids is 1. The van der Waals surface area contributed by atoms with Crippen LogP contribution >= 0.6 is 0 Å². The number of aryl methyl sites for hydroxylation is 1. The number of aliphatic carboxylic acids is 1. The summed E-state index contributed by atoms with van der Waals surface area (Å²) < 4.78 is 31.7. The minimum absolute atomic E-state index is 0.212. The second-order valence-corrected chi connectivity index (χ2v) is 9.90. The molecule has 8 nitrogen and oxygen atoms in total. The summed E-state index contributed by atoms with van der Waals surface area (Å²) in [5.41, 5.74) is 4.21. The molecule has 212 valence electrons. The lowest BCUT2D eigenvalue weighted by atomic mass is 10.0. The number of carboxylic acids is 2. The topological polar surface area (TPSA) is 114 Å². The molecule has 1 aromatic heterocycles. The first-order chi connectivity index (χ1) is 19.0. The van der Waals surface area contributed by atoms with E-state index in [-0.39, 0.29) is 5.56 Å². The summed E-state index contributed by atoms with van der Waals surface area (Å²) in [7, 11) is 0. The molecule has 0 amide bonds. The molecule has 11 heteroatoms. The summed E-state index contributed by atoms with van der Waals surface area (Å²) in [6.07, 6.45) is -3.20. The fourth-order valence-electron chi connectivity index (χ4n) is 5.38. The molecule has 5 rings (SSSR count). The number of aromatic nitrogens is 1. The number of hydrogen-bond acceptors (Lipinski definition) is 5. The molecule has 0 radical (unpaired) electrons. The van der Waals surface area contributed by atoms with Gasteiger partial charge in [0.05, 0.1) is 5.69 Å². The van der Waals surface area contributed by atoms with Crippen molar-refractivity contribution in [1.82, 2.24) is 9.88 Å². The minimum atomic E-state index is -5.08. The second-order valence-electron chi connectivity index (χ2n) is 9.90. The Morgan fingerprint density at radius 3 is 2.25 bits per heavy atom. The highest BCUT2D eigenvalue weighted by Gasteiger charge is 2.41. The van der Waals surface area contributed by atoms with Gasteiger partial charge in [-0.15, -0.1) is 0 Å². The van der Waals surface area contributed by atoms with Gasteiger partial charge in [0.25, 0.3) is 5.56 Å². The highest BCUT2D eigenvalue weighted by atomic mass is 19.4. The number of nitrogens with zero attached hydrogens (tertiary/aromatic N) is 2. The molecule has 2 saturated heterocycles. The Bertz CT molecular complexity index is 1410. The van der Waals surface area contributed by atoms with Crippen molar-refractivity contribution in [2.45, 2.75) is 38.5 Å². The zero-order valence-electron chi connectivity index (χ0n) is 21.8. The number of carbonyl (C=O) groups is 2. The number of H-pyrrole nitrogens is 1. The molecule has 2 aliphatic rings. The lowest BCUT2D eigenvalue weighted by Crippen LogP contribution is -2.34. The number of aromatic amines is 1. The maximum atomic E-state index is 12.2. The van der Waals surface area contributed by atoms with Crippen LogP contribution in [0.4, 0.5) is 18.9 Å². The second kappa shape index (κ2) is 12.0. The van der Waals surface area contributed by atoms with Crippen LogP contribution in [-0.2, 0) is 17.8 Å². The van der Waals surface area contributed by atoms with E-state index >= 15 is 0 Å². The number of pyridine rings is 1. The molecule has 3 N–H and O–H groups in total. The van der Waals surface area contributed by atoms with E-state index in [1.807, 2.05) is 19.1 Å².